The highest BCUT2D eigenvalue weighted by molar-refractivity contribution is 6.01. The van der Waals surface area contributed by atoms with Crippen LogP contribution >= 0.6 is 0 Å². The quantitative estimate of drug-likeness (QED) is 0.573. The first-order valence-corrected chi connectivity index (χ1v) is 3.92. The summed E-state index contributed by atoms with van der Waals surface area (Å²) in [6.07, 6.45) is -8.58. The lowest BCUT2D eigenvalue weighted by Gasteiger charge is -2.09. The van der Waals surface area contributed by atoms with E-state index >= 15 is 0 Å². The summed E-state index contributed by atoms with van der Waals surface area (Å²) in [7, 11) is 0. The highest BCUT2D eigenvalue weighted by Crippen LogP contribution is 2.29. The molecule has 0 atom stereocenters. The Labute approximate surface area is 85.7 Å². The van der Waals surface area contributed by atoms with Crippen LogP contribution < -0.4 is 0 Å². The number of hydrogen-bond donors (Lipinski definition) is 0. The number of rotatable bonds is 2. The number of alkyl halides is 5. The van der Waals surface area contributed by atoms with Crippen molar-refractivity contribution >= 4 is 5.78 Å². The smallest absolute Gasteiger partial charge is 0.284 e. The first kappa shape index (κ1) is 12.5. The van der Waals surface area contributed by atoms with Gasteiger partial charge in [-0.15, -0.1) is 0 Å². The first-order chi connectivity index (χ1) is 7.23. The number of benzene rings is 1. The van der Waals surface area contributed by atoms with Gasteiger partial charge in [0.2, 0.25) is 0 Å². The average Bonchev–Trinajstić information content (AvgIpc) is 2.14. The number of halogens is 6. The molecule has 0 spiro atoms. The molecule has 0 amide bonds. The highest BCUT2D eigenvalue weighted by atomic mass is 19.4. The van der Waals surface area contributed by atoms with Crippen molar-refractivity contribution in [2.24, 2.45) is 0 Å². The molecule has 7 heteroatoms. The average molecular weight is 242 g/mol. The van der Waals surface area contributed by atoms with Crippen molar-refractivity contribution in [2.75, 3.05) is 0 Å². The van der Waals surface area contributed by atoms with Crippen molar-refractivity contribution in [2.45, 2.75) is 12.6 Å². The van der Waals surface area contributed by atoms with E-state index < -0.39 is 35.3 Å². The van der Waals surface area contributed by atoms with Crippen LogP contribution in [0.2, 0.25) is 0 Å². The second-order valence-electron chi connectivity index (χ2n) is 2.86. The lowest BCUT2D eigenvalue weighted by atomic mass is 10.0. The topological polar surface area (TPSA) is 17.1 Å². The summed E-state index contributed by atoms with van der Waals surface area (Å²) in [4.78, 5) is 10.7. The Balaban J connectivity index is 3.31. The number of hydrogen-bond acceptors (Lipinski definition) is 1. The zero-order valence-corrected chi connectivity index (χ0v) is 7.49. The molecule has 0 radical (unpaired) electrons. The summed E-state index contributed by atoms with van der Waals surface area (Å²) in [5.41, 5.74) is -2.49. The second kappa shape index (κ2) is 4.15. The normalized spacial score (nSPS) is 11.9. The van der Waals surface area contributed by atoms with Crippen LogP contribution in [0, 0.1) is 5.82 Å². The number of carbonyl (C=O) groups excluding carboxylic acids is 1. The molecule has 0 N–H and O–H groups in total. The van der Waals surface area contributed by atoms with E-state index in [2.05, 4.69) is 0 Å². The van der Waals surface area contributed by atoms with Gasteiger partial charge in [0.1, 0.15) is 5.82 Å². The Hall–Kier alpha value is -1.53. The molecule has 1 nitrogen and oxygen atoms in total. The van der Waals surface area contributed by atoms with Gasteiger partial charge in [0, 0.05) is 11.1 Å². The Morgan fingerprint density at radius 1 is 1.19 bits per heavy atom. The Morgan fingerprint density at radius 2 is 1.75 bits per heavy atom. The second-order valence-corrected chi connectivity index (χ2v) is 2.86. The van der Waals surface area contributed by atoms with Crippen LogP contribution in [0.25, 0.3) is 0 Å². The van der Waals surface area contributed by atoms with Crippen molar-refractivity contribution in [1.29, 1.82) is 0 Å². The number of ketones is 1. The van der Waals surface area contributed by atoms with E-state index in [-0.39, 0.29) is 6.07 Å². The molecule has 0 fully saturated rings. The molecule has 0 aliphatic heterocycles. The lowest BCUT2D eigenvalue weighted by molar-refractivity contribution is -0.0887. The molecule has 0 aliphatic carbocycles. The number of Topliss-reactive ketones (excluding diaryl/α,β-unsaturated/α-hetero) is 1. The monoisotopic (exact) mass is 242 g/mol. The Bertz CT molecular complexity index is 409. The number of carbonyl (C=O) groups is 1. The SMILES string of the molecule is O=C(c1cc(F)ccc1C(F)F)C(F)(F)F. The molecular weight excluding hydrogens is 238 g/mol. The van der Waals surface area contributed by atoms with Gasteiger partial charge in [-0.25, -0.2) is 13.2 Å². The van der Waals surface area contributed by atoms with Crippen LogP contribution in [-0.4, -0.2) is 12.0 Å². The Morgan fingerprint density at radius 3 is 2.19 bits per heavy atom. The van der Waals surface area contributed by atoms with E-state index in [9.17, 15) is 31.1 Å². The van der Waals surface area contributed by atoms with Crippen molar-refractivity contribution in [3.63, 3.8) is 0 Å². The van der Waals surface area contributed by atoms with E-state index in [1.54, 1.807) is 0 Å². The maximum absolute atomic E-state index is 12.6. The predicted molar refractivity (Wildman–Crippen MR) is 41.7 cm³/mol. The van der Waals surface area contributed by atoms with Gasteiger partial charge in [0.05, 0.1) is 0 Å². The minimum Gasteiger partial charge on any atom is -0.284 e. The van der Waals surface area contributed by atoms with E-state index in [1.165, 1.54) is 0 Å². The van der Waals surface area contributed by atoms with Crippen LogP contribution in [0.5, 0.6) is 0 Å². The summed E-state index contributed by atoms with van der Waals surface area (Å²) >= 11 is 0. The van der Waals surface area contributed by atoms with Gasteiger partial charge in [0.15, 0.2) is 0 Å². The molecule has 0 heterocycles. The minimum absolute atomic E-state index is 0.150. The fraction of sp³-hybridized carbons (Fsp3) is 0.222. The molecule has 0 unspecified atom stereocenters. The third-order valence-electron chi connectivity index (χ3n) is 1.75. The van der Waals surface area contributed by atoms with Crippen LogP contribution in [0.15, 0.2) is 18.2 Å². The maximum Gasteiger partial charge on any atom is 0.454 e. The summed E-state index contributed by atoms with van der Waals surface area (Å²) in [5, 5.41) is 0. The highest BCUT2D eigenvalue weighted by Gasteiger charge is 2.41. The van der Waals surface area contributed by atoms with Gasteiger partial charge in [-0.2, -0.15) is 13.2 Å². The third kappa shape index (κ3) is 2.53. The van der Waals surface area contributed by atoms with Crippen LogP contribution in [-0.2, 0) is 0 Å². The zero-order chi connectivity index (χ0) is 12.5. The van der Waals surface area contributed by atoms with E-state index in [1.807, 2.05) is 0 Å². The fourth-order valence-electron chi connectivity index (χ4n) is 1.07. The molecule has 0 bridgehead atoms. The molecule has 1 aromatic rings. The molecule has 0 saturated carbocycles. The van der Waals surface area contributed by atoms with Crippen LogP contribution in [0.4, 0.5) is 26.3 Å². The molecular formula is C9H4F6O. The van der Waals surface area contributed by atoms with Gasteiger partial charge in [0.25, 0.3) is 12.2 Å². The van der Waals surface area contributed by atoms with Crippen LogP contribution in [0.1, 0.15) is 22.3 Å². The largest absolute Gasteiger partial charge is 0.454 e. The molecule has 88 valence electrons. The molecule has 1 rings (SSSR count). The molecule has 0 aliphatic rings. The summed E-state index contributed by atoms with van der Waals surface area (Å²) in [6.45, 7) is 0. The van der Waals surface area contributed by atoms with Gasteiger partial charge in [-0.05, 0) is 18.2 Å². The Kier molecular flexibility index (Phi) is 3.25. The van der Waals surface area contributed by atoms with E-state index in [4.69, 9.17) is 0 Å². The molecule has 0 aromatic heterocycles. The standard InChI is InChI=1S/C9H4F6O/c10-4-1-2-5(8(11)12)6(3-4)7(16)9(13,14)15/h1-3,8H. The summed E-state index contributed by atoms with van der Waals surface area (Å²) < 4.78 is 73.1. The first-order valence-electron chi connectivity index (χ1n) is 3.92. The third-order valence-corrected chi connectivity index (χ3v) is 1.75. The van der Waals surface area contributed by atoms with E-state index in [0.717, 1.165) is 0 Å². The van der Waals surface area contributed by atoms with Crippen molar-refractivity contribution in [3.8, 4) is 0 Å². The lowest BCUT2D eigenvalue weighted by Crippen LogP contribution is -2.24. The fourth-order valence-corrected chi connectivity index (χ4v) is 1.07. The van der Waals surface area contributed by atoms with Crippen molar-refractivity contribution in [1.82, 2.24) is 0 Å². The van der Waals surface area contributed by atoms with Gasteiger partial charge < -0.3 is 0 Å². The minimum atomic E-state index is -5.31. The molecule has 0 saturated heterocycles. The van der Waals surface area contributed by atoms with E-state index in [0.29, 0.717) is 12.1 Å². The van der Waals surface area contributed by atoms with Gasteiger partial charge in [-0.1, -0.05) is 0 Å². The van der Waals surface area contributed by atoms with Crippen molar-refractivity contribution in [3.05, 3.63) is 35.1 Å². The summed E-state index contributed by atoms with van der Waals surface area (Å²) in [5.74, 6) is -3.67. The van der Waals surface area contributed by atoms with Crippen molar-refractivity contribution < 1.29 is 31.1 Å². The summed E-state index contributed by atoms with van der Waals surface area (Å²) in [6, 6.07) is 1.17. The maximum atomic E-state index is 12.6. The molecule has 16 heavy (non-hydrogen) atoms. The van der Waals surface area contributed by atoms with Gasteiger partial charge >= 0.3 is 6.18 Å². The molecule has 1 aromatic carbocycles. The van der Waals surface area contributed by atoms with Gasteiger partial charge in [-0.3, -0.25) is 4.79 Å². The predicted octanol–water partition coefficient (Wildman–Crippen LogP) is 3.51. The van der Waals surface area contributed by atoms with Crippen LogP contribution in [0.3, 0.4) is 0 Å². The zero-order valence-electron chi connectivity index (χ0n) is 7.49.